The lowest BCUT2D eigenvalue weighted by molar-refractivity contribution is 0.102. The molecule has 1 aliphatic rings. The van der Waals surface area contributed by atoms with Crippen molar-refractivity contribution < 1.29 is 17.6 Å². The first kappa shape index (κ1) is 21.1. The quantitative estimate of drug-likeness (QED) is 0.640. The molecule has 0 saturated carbocycles. The molecule has 160 valence electrons. The van der Waals surface area contributed by atoms with Crippen molar-refractivity contribution in [2.45, 2.75) is 30.2 Å². The number of carbonyl (C=O) groups is 1. The van der Waals surface area contributed by atoms with Gasteiger partial charge in [0.2, 0.25) is 10.0 Å². The number of nitrogens with one attached hydrogen (secondary N) is 1. The predicted molar refractivity (Wildman–Crippen MR) is 116 cm³/mol. The minimum absolute atomic E-state index is 0.170. The highest BCUT2D eigenvalue weighted by atomic mass is 32.2. The summed E-state index contributed by atoms with van der Waals surface area (Å²) in [6, 6.07) is 14.8. The highest BCUT2D eigenvalue weighted by molar-refractivity contribution is 7.89. The number of aromatic nitrogens is 1. The molecule has 1 N–H and O–H groups in total. The van der Waals surface area contributed by atoms with Crippen molar-refractivity contribution in [3.63, 3.8) is 0 Å². The molecule has 31 heavy (non-hydrogen) atoms. The van der Waals surface area contributed by atoms with Crippen LogP contribution in [0.25, 0.3) is 0 Å². The van der Waals surface area contributed by atoms with E-state index in [0.29, 0.717) is 17.8 Å². The summed E-state index contributed by atoms with van der Waals surface area (Å²) in [6.45, 7) is 0.449. The molecule has 4 rings (SSSR count). The molecule has 6 nitrogen and oxygen atoms in total. The van der Waals surface area contributed by atoms with E-state index in [2.05, 4.69) is 10.3 Å². The van der Waals surface area contributed by atoms with E-state index in [4.69, 9.17) is 0 Å². The SMILES string of the molecule is O=C(Nc1ccc(S(=O)(=O)N2CCCCC2c2cccnc2)cc1)c1ccc(F)cc1. The van der Waals surface area contributed by atoms with Gasteiger partial charge in [-0.05, 0) is 73.0 Å². The Morgan fingerprint density at radius 2 is 1.77 bits per heavy atom. The average molecular weight is 440 g/mol. The second-order valence-corrected chi connectivity index (χ2v) is 9.29. The van der Waals surface area contributed by atoms with Crippen LogP contribution in [0, 0.1) is 5.82 Å². The summed E-state index contributed by atoms with van der Waals surface area (Å²) in [7, 11) is -3.71. The Morgan fingerprint density at radius 1 is 1.03 bits per heavy atom. The second kappa shape index (κ2) is 8.95. The van der Waals surface area contributed by atoms with Crippen molar-refractivity contribution in [2.75, 3.05) is 11.9 Å². The van der Waals surface area contributed by atoms with Crippen LogP contribution in [0.2, 0.25) is 0 Å². The molecule has 1 atom stereocenters. The first-order valence-corrected chi connectivity index (χ1v) is 11.5. The molecule has 3 aromatic rings. The second-order valence-electron chi connectivity index (χ2n) is 7.40. The van der Waals surface area contributed by atoms with Crippen LogP contribution in [0.3, 0.4) is 0 Å². The monoisotopic (exact) mass is 439 g/mol. The predicted octanol–water partition coefficient (Wildman–Crippen LogP) is 4.39. The summed E-state index contributed by atoms with van der Waals surface area (Å²) in [5.74, 6) is -0.823. The fourth-order valence-corrected chi connectivity index (χ4v) is 5.43. The van der Waals surface area contributed by atoms with Crippen LogP contribution < -0.4 is 5.32 Å². The van der Waals surface area contributed by atoms with Gasteiger partial charge in [0.1, 0.15) is 5.82 Å². The van der Waals surface area contributed by atoms with Crippen molar-refractivity contribution in [1.29, 1.82) is 0 Å². The number of carbonyl (C=O) groups excluding carboxylic acids is 1. The van der Waals surface area contributed by atoms with Gasteiger partial charge in [0.15, 0.2) is 0 Å². The molecule has 1 unspecified atom stereocenters. The summed E-state index contributed by atoms with van der Waals surface area (Å²) in [5, 5.41) is 2.69. The van der Waals surface area contributed by atoms with E-state index in [1.165, 1.54) is 36.4 Å². The average Bonchev–Trinajstić information content (AvgIpc) is 2.80. The molecule has 1 fully saturated rings. The Hall–Kier alpha value is -3.10. The highest BCUT2D eigenvalue weighted by Gasteiger charge is 2.34. The van der Waals surface area contributed by atoms with Gasteiger partial charge in [0.05, 0.1) is 10.9 Å². The third-order valence-electron chi connectivity index (χ3n) is 5.35. The third kappa shape index (κ3) is 4.65. The number of amides is 1. The third-order valence-corrected chi connectivity index (χ3v) is 7.27. The van der Waals surface area contributed by atoms with E-state index in [0.717, 1.165) is 24.8 Å². The fourth-order valence-electron chi connectivity index (χ4n) is 3.75. The fraction of sp³-hybridized carbons (Fsp3) is 0.217. The number of anilines is 1. The molecular weight excluding hydrogens is 417 g/mol. The summed E-state index contributed by atoms with van der Waals surface area (Å²) < 4.78 is 41.2. The molecule has 1 saturated heterocycles. The summed E-state index contributed by atoms with van der Waals surface area (Å²) in [4.78, 5) is 16.6. The van der Waals surface area contributed by atoms with Gasteiger partial charge in [0.25, 0.3) is 5.91 Å². The molecule has 2 aromatic carbocycles. The maximum Gasteiger partial charge on any atom is 0.255 e. The number of piperidine rings is 1. The molecule has 8 heteroatoms. The van der Waals surface area contributed by atoms with Gasteiger partial charge >= 0.3 is 0 Å². The van der Waals surface area contributed by atoms with Gasteiger partial charge in [0, 0.05) is 30.2 Å². The van der Waals surface area contributed by atoms with Gasteiger partial charge in [-0.3, -0.25) is 9.78 Å². The zero-order chi connectivity index (χ0) is 21.8. The smallest absolute Gasteiger partial charge is 0.255 e. The molecular formula is C23H22FN3O3S. The summed E-state index contributed by atoms with van der Waals surface area (Å²) >= 11 is 0. The normalized spacial score (nSPS) is 17.3. The van der Waals surface area contributed by atoms with Crippen LogP contribution in [0.1, 0.15) is 41.2 Å². The zero-order valence-electron chi connectivity index (χ0n) is 16.7. The van der Waals surface area contributed by atoms with Crippen molar-refractivity contribution in [1.82, 2.24) is 9.29 Å². The molecule has 0 radical (unpaired) electrons. The molecule has 2 heterocycles. The van der Waals surface area contributed by atoms with E-state index in [9.17, 15) is 17.6 Å². The molecule has 0 aliphatic carbocycles. The van der Waals surface area contributed by atoms with Crippen molar-refractivity contribution in [3.05, 3.63) is 90.0 Å². The van der Waals surface area contributed by atoms with Gasteiger partial charge in [-0.25, -0.2) is 12.8 Å². The number of hydrogen-bond donors (Lipinski definition) is 1. The van der Waals surface area contributed by atoms with Crippen LogP contribution >= 0.6 is 0 Å². The minimum atomic E-state index is -3.71. The Morgan fingerprint density at radius 3 is 2.45 bits per heavy atom. The van der Waals surface area contributed by atoms with Crippen molar-refractivity contribution in [3.8, 4) is 0 Å². The number of nitrogens with zero attached hydrogens (tertiary/aromatic N) is 2. The number of pyridine rings is 1. The van der Waals surface area contributed by atoms with E-state index < -0.39 is 21.7 Å². The van der Waals surface area contributed by atoms with Gasteiger partial charge in [-0.1, -0.05) is 12.5 Å². The van der Waals surface area contributed by atoms with Gasteiger partial charge in [-0.2, -0.15) is 4.31 Å². The van der Waals surface area contributed by atoms with Crippen LogP contribution in [-0.2, 0) is 10.0 Å². The van der Waals surface area contributed by atoms with Crippen LogP contribution in [0.4, 0.5) is 10.1 Å². The maximum absolute atomic E-state index is 13.3. The number of benzene rings is 2. The van der Waals surface area contributed by atoms with E-state index >= 15 is 0 Å². The molecule has 0 spiro atoms. The van der Waals surface area contributed by atoms with Crippen LogP contribution in [0.15, 0.2) is 78.0 Å². The highest BCUT2D eigenvalue weighted by Crippen LogP contribution is 2.35. The van der Waals surface area contributed by atoms with Gasteiger partial charge in [-0.15, -0.1) is 0 Å². The number of rotatable bonds is 5. The molecule has 0 bridgehead atoms. The van der Waals surface area contributed by atoms with Crippen molar-refractivity contribution in [2.24, 2.45) is 0 Å². The summed E-state index contributed by atoms with van der Waals surface area (Å²) in [5.41, 5.74) is 1.65. The molecule has 1 amide bonds. The largest absolute Gasteiger partial charge is 0.322 e. The number of sulfonamides is 1. The maximum atomic E-state index is 13.3. The zero-order valence-corrected chi connectivity index (χ0v) is 17.6. The molecule has 1 aliphatic heterocycles. The van der Waals surface area contributed by atoms with E-state index in [-0.39, 0.29) is 10.9 Å². The number of hydrogen-bond acceptors (Lipinski definition) is 4. The lowest BCUT2D eigenvalue weighted by Gasteiger charge is -2.34. The Labute approximate surface area is 180 Å². The first-order chi connectivity index (χ1) is 14.9. The summed E-state index contributed by atoms with van der Waals surface area (Å²) in [6.07, 6.45) is 5.90. The Bertz CT molecular complexity index is 1150. The van der Waals surface area contributed by atoms with E-state index in [1.54, 1.807) is 28.8 Å². The van der Waals surface area contributed by atoms with Crippen LogP contribution in [0.5, 0.6) is 0 Å². The standard InChI is InChI=1S/C23H22FN3O3S/c24-19-8-6-17(7-9-19)23(28)26-20-10-12-21(13-11-20)31(29,30)27-15-2-1-5-22(27)18-4-3-14-25-16-18/h3-4,6-14,16,22H,1-2,5,15H2,(H,26,28). The molecule has 1 aromatic heterocycles. The van der Waals surface area contributed by atoms with Gasteiger partial charge < -0.3 is 5.32 Å². The first-order valence-electron chi connectivity index (χ1n) is 10.0. The Kier molecular flexibility index (Phi) is 6.11. The van der Waals surface area contributed by atoms with Crippen molar-refractivity contribution >= 4 is 21.6 Å². The van der Waals surface area contributed by atoms with Crippen LogP contribution in [-0.4, -0.2) is 30.2 Å². The minimum Gasteiger partial charge on any atom is -0.322 e. The topological polar surface area (TPSA) is 79.4 Å². The van der Waals surface area contributed by atoms with E-state index in [1.807, 2.05) is 12.1 Å². The lowest BCUT2D eigenvalue weighted by atomic mass is 9.99. The lowest BCUT2D eigenvalue weighted by Crippen LogP contribution is -2.38. The Balaban J connectivity index is 1.53. The number of halogens is 1.